The summed E-state index contributed by atoms with van der Waals surface area (Å²) in [6.07, 6.45) is 0. The molecule has 0 radical (unpaired) electrons. The largest absolute Gasteiger partial charge is 0.456 e. The van der Waals surface area contributed by atoms with Crippen LogP contribution in [0.2, 0.25) is 0 Å². The summed E-state index contributed by atoms with van der Waals surface area (Å²) in [5.41, 5.74) is 18.5. The number of anilines is 3. The van der Waals surface area contributed by atoms with Crippen LogP contribution in [0.5, 0.6) is 0 Å². The predicted molar refractivity (Wildman–Crippen MR) is 263 cm³/mol. The van der Waals surface area contributed by atoms with Crippen molar-refractivity contribution in [2.75, 3.05) is 4.90 Å². The van der Waals surface area contributed by atoms with Gasteiger partial charge in [-0.1, -0.05) is 176 Å². The third-order valence-corrected chi connectivity index (χ3v) is 12.3. The number of furan rings is 2. The topological polar surface area (TPSA) is 29.5 Å². The number of para-hydroxylation sites is 3. The van der Waals surface area contributed by atoms with Gasteiger partial charge in [-0.25, -0.2) is 0 Å². The molecular formula is C60H39NO2. The summed E-state index contributed by atoms with van der Waals surface area (Å²) in [6, 6.07) is 84.2. The van der Waals surface area contributed by atoms with E-state index in [0.717, 1.165) is 88.8 Å². The van der Waals surface area contributed by atoms with Gasteiger partial charge in [0.05, 0.1) is 0 Å². The molecular weight excluding hydrogens is 767 g/mol. The maximum atomic E-state index is 6.35. The van der Waals surface area contributed by atoms with E-state index < -0.39 is 0 Å². The Balaban J connectivity index is 0.839. The van der Waals surface area contributed by atoms with Gasteiger partial charge in [0.25, 0.3) is 0 Å². The lowest BCUT2D eigenvalue weighted by Crippen LogP contribution is -2.09. The van der Waals surface area contributed by atoms with Crippen LogP contribution in [-0.4, -0.2) is 0 Å². The summed E-state index contributed by atoms with van der Waals surface area (Å²) in [4.78, 5) is 2.33. The van der Waals surface area contributed by atoms with Crippen molar-refractivity contribution in [3.8, 4) is 55.6 Å². The highest BCUT2D eigenvalue weighted by Crippen LogP contribution is 2.40. The second kappa shape index (κ2) is 15.3. The highest BCUT2D eigenvalue weighted by molar-refractivity contribution is 6.09. The van der Waals surface area contributed by atoms with E-state index in [-0.39, 0.29) is 0 Å². The van der Waals surface area contributed by atoms with Crippen molar-refractivity contribution in [2.24, 2.45) is 0 Å². The number of hydrogen-bond acceptors (Lipinski definition) is 3. The van der Waals surface area contributed by atoms with Crippen molar-refractivity contribution < 1.29 is 8.83 Å². The first-order chi connectivity index (χ1) is 31.2. The highest BCUT2D eigenvalue weighted by Gasteiger charge is 2.16. The van der Waals surface area contributed by atoms with Crippen molar-refractivity contribution in [1.82, 2.24) is 0 Å². The average molecular weight is 806 g/mol. The zero-order valence-corrected chi connectivity index (χ0v) is 34.3. The second-order valence-electron chi connectivity index (χ2n) is 16.1. The molecule has 0 aliphatic heterocycles. The number of nitrogens with zero attached hydrogens (tertiary/aromatic N) is 1. The minimum absolute atomic E-state index is 0.911. The SMILES string of the molecule is c1ccc(-c2ccc(N(c3ccc(-c4ccc(-c5ccc6oc7ccccc7c6c5)cc4)cc3)c3ccc(-c4ccc(-c5cccc6c5oc5ccccc56)cc4)cc3)cc2)cc1. The first-order valence-electron chi connectivity index (χ1n) is 21.4. The molecule has 296 valence electrons. The molecule has 3 nitrogen and oxygen atoms in total. The maximum Gasteiger partial charge on any atom is 0.143 e. The van der Waals surface area contributed by atoms with E-state index in [0.29, 0.717) is 0 Å². The Kier molecular flexibility index (Phi) is 8.83. The Labute approximate surface area is 365 Å². The molecule has 0 unspecified atom stereocenters. The fourth-order valence-electron chi connectivity index (χ4n) is 9.06. The smallest absolute Gasteiger partial charge is 0.143 e. The normalized spacial score (nSPS) is 11.5. The van der Waals surface area contributed by atoms with Gasteiger partial charge in [-0.2, -0.15) is 0 Å². The van der Waals surface area contributed by atoms with Crippen molar-refractivity contribution in [2.45, 2.75) is 0 Å². The summed E-state index contributed by atoms with van der Waals surface area (Å²) < 4.78 is 12.4. The molecule has 0 N–H and O–H groups in total. The van der Waals surface area contributed by atoms with Gasteiger partial charge in [0.1, 0.15) is 22.3 Å². The van der Waals surface area contributed by atoms with Crippen LogP contribution in [0.4, 0.5) is 17.1 Å². The lowest BCUT2D eigenvalue weighted by atomic mass is 9.98. The van der Waals surface area contributed by atoms with Gasteiger partial charge in [0, 0.05) is 44.2 Å². The molecule has 0 saturated heterocycles. The van der Waals surface area contributed by atoms with Crippen LogP contribution in [0.25, 0.3) is 99.5 Å². The Morgan fingerprint density at radius 2 is 0.619 bits per heavy atom. The number of benzene rings is 10. The average Bonchev–Trinajstić information content (AvgIpc) is 3.94. The van der Waals surface area contributed by atoms with Crippen LogP contribution in [0.15, 0.2) is 245 Å². The third kappa shape index (κ3) is 6.64. The van der Waals surface area contributed by atoms with E-state index in [1.54, 1.807) is 0 Å². The van der Waals surface area contributed by atoms with Crippen LogP contribution < -0.4 is 4.90 Å². The van der Waals surface area contributed by atoms with E-state index in [1.165, 1.54) is 27.8 Å². The lowest BCUT2D eigenvalue weighted by molar-refractivity contribution is 0.669. The Hall–Kier alpha value is -8.40. The standard InChI is InChI=1S/C60H39NO2/c1-2-9-40(10-3-1)43-25-32-49(33-26-43)61(50-34-27-44(28-35-50)41-17-19-46(20-18-41)48-31-38-59-56(39-48)54-12-5-6-15-57(54)62-59)51-36-29-45(30-37-51)42-21-23-47(24-22-42)52-13-8-14-55-53-11-4-7-16-58(53)63-60(52)55/h1-39H. The molecule has 12 aromatic rings. The van der Waals surface area contributed by atoms with Gasteiger partial charge in [-0.15, -0.1) is 0 Å². The molecule has 10 aromatic carbocycles. The Morgan fingerprint density at radius 1 is 0.238 bits per heavy atom. The van der Waals surface area contributed by atoms with Gasteiger partial charge in [0.2, 0.25) is 0 Å². The van der Waals surface area contributed by atoms with E-state index in [1.807, 2.05) is 24.3 Å². The molecule has 0 aliphatic carbocycles. The predicted octanol–water partition coefficient (Wildman–Crippen LogP) is 17.3. The summed E-state index contributed by atoms with van der Waals surface area (Å²) in [5, 5.41) is 4.56. The molecule has 2 heterocycles. The quantitative estimate of drug-likeness (QED) is 0.153. The van der Waals surface area contributed by atoms with Crippen LogP contribution >= 0.6 is 0 Å². The molecule has 0 bridgehead atoms. The molecule has 0 spiro atoms. The summed E-state index contributed by atoms with van der Waals surface area (Å²) in [7, 11) is 0. The van der Waals surface area contributed by atoms with Crippen LogP contribution in [-0.2, 0) is 0 Å². The maximum absolute atomic E-state index is 6.35. The first kappa shape index (κ1) is 36.5. The molecule has 12 rings (SSSR count). The van der Waals surface area contributed by atoms with Crippen LogP contribution in [0, 0.1) is 0 Å². The van der Waals surface area contributed by atoms with E-state index in [4.69, 9.17) is 8.83 Å². The molecule has 63 heavy (non-hydrogen) atoms. The Bertz CT molecular complexity index is 3560. The van der Waals surface area contributed by atoms with Crippen molar-refractivity contribution in [3.05, 3.63) is 237 Å². The van der Waals surface area contributed by atoms with Crippen LogP contribution in [0.1, 0.15) is 0 Å². The van der Waals surface area contributed by atoms with Crippen LogP contribution in [0.3, 0.4) is 0 Å². The molecule has 0 saturated carbocycles. The number of fused-ring (bicyclic) bond motifs is 6. The summed E-state index contributed by atoms with van der Waals surface area (Å²) >= 11 is 0. The van der Waals surface area contributed by atoms with E-state index in [2.05, 4.69) is 217 Å². The molecule has 0 aliphatic rings. The van der Waals surface area contributed by atoms with E-state index in [9.17, 15) is 0 Å². The zero-order valence-electron chi connectivity index (χ0n) is 34.3. The first-order valence-corrected chi connectivity index (χ1v) is 21.4. The van der Waals surface area contributed by atoms with Gasteiger partial charge in [-0.3, -0.25) is 0 Å². The van der Waals surface area contributed by atoms with E-state index >= 15 is 0 Å². The van der Waals surface area contributed by atoms with Gasteiger partial charge < -0.3 is 13.7 Å². The highest BCUT2D eigenvalue weighted by atomic mass is 16.3. The van der Waals surface area contributed by atoms with Gasteiger partial charge in [0.15, 0.2) is 0 Å². The zero-order chi connectivity index (χ0) is 41.7. The minimum Gasteiger partial charge on any atom is -0.456 e. The minimum atomic E-state index is 0.911. The molecule has 3 heteroatoms. The number of rotatable bonds is 8. The van der Waals surface area contributed by atoms with Crippen molar-refractivity contribution >= 4 is 60.9 Å². The van der Waals surface area contributed by atoms with Crippen molar-refractivity contribution in [1.29, 1.82) is 0 Å². The molecule has 0 atom stereocenters. The third-order valence-electron chi connectivity index (χ3n) is 12.3. The molecule has 2 aromatic heterocycles. The summed E-state index contributed by atoms with van der Waals surface area (Å²) in [5.74, 6) is 0. The molecule has 0 fully saturated rings. The second-order valence-corrected chi connectivity index (χ2v) is 16.1. The molecule has 0 amide bonds. The Morgan fingerprint density at radius 3 is 1.17 bits per heavy atom. The van der Waals surface area contributed by atoms with Gasteiger partial charge in [-0.05, 0) is 111 Å². The monoisotopic (exact) mass is 805 g/mol. The fourth-order valence-corrected chi connectivity index (χ4v) is 9.06. The van der Waals surface area contributed by atoms with Crippen molar-refractivity contribution in [3.63, 3.8) is 0 Å². The summed E-state index contributed by atoms with van der Waals surface area (Å²) in [6.45, 7) is 0. The fraction of sp³-hybridized carbons (Fsp3) is 0. The van der Waals surface area contributed by atoms with Gasteiger partial charge >= 0.3 is 0 Å². The number of hydrogen-bond donors (Lipinski definition) is 0. The lowest BCUT2D eigenvalue weighted by Gasteiger charge is -2.26.